The Labute approximate surface area is 138 Å². The van der Waals surface area contributed by atoms with Gasteiger partial charge in [0.1, 0.15) is 5.75 Å². The molecule has 0 saturated carbocycles. The lowest BCUT2D eigenvalue weighted by molar-refractivity contribution is 0.0685. The summed E-state index contributed by atoms with van der Waals surface area (Å²) in [4.78, 5) is 22.6. The van der Waals surface area contributed by atoms with E-state index in [2.05, 4.69) is 0 Å². The van der Waals surface area contributed by atoms with Crippen LogP contribution in [0, 0.1) is 0 Å². The van der Waals surface area contributed by atoms with Crippen LogP contribution in [-0.4, -0.2) is 43.5 Å². The highest BCUT2D eigenvalue weighted by Crippen LogP contribution is 2.43. The maximum absolute atomic E-state index is 11.4. The van der Waals surface area contributed by atoms with E-state index in [4.69, 9.17) is 14.2 Å². The van der Waals surface area contributed by atoms with Crippen molar-refractivity contribution in [3.8, 4) is 28.4 Å². The molecule has 0 saturated heterocycles. The van der Waals surface area contributed by atoms with Crippen LogP contribution < -0.4 is 14.2 Å². The van der Waals surface area contributed by atoms with Crippen LogP contribution in [0.25, 0.3) is 11.1 Å². The van der Waals surface area contributed by atoms with E-state index in [9.17, 15) is 19.8 Å². The second-order valence-electron chi connectivity index (χ2n) is 4.78. The zero-order chi connectivity index (χ0) is 17.9. The minimum Gasteiger partial charge on any atom is -0.496 e. The predicted molar refractivity (Wildman–Crippen MR) is 85.5 cm³/mol. The molecule has 0 aliphatic rings. The number of rotatable bonds is 6. The highest BCUT2D eigenvalue weighted by molar-refractivity contribution is 5.95. The molecule has 0 heterocycles. The first-order valence-electron chi connectivity index (χ1n) is 6.84. The van der Waals surface area contributed by atoms with Gasteiger partial charge in [0, 0.05) is 11.1 Å². The van der Waals surface area contributed by atoms with Gasteiger partial charge >= 0.3 is 11.9 Å². The van der Waals surface area contributed by atoms with Crippen LogP contribution >= 0.6 is 0 Å². The van der Waals surface area contributed by atoms with E-state index in [0.717, 1.165) is 0 Å². The Morgan fingerprint density at radius 1 is 0.750 bits per heavy atom. The topological polar surface area (TPSA) is 102 Å². The predicted octanol–water partition coefficient (Wildman–Crippen LogP) is 2.78. The van der Waals surface area contributed by atoms with Crippen LogP contribution in [0.3, 0.4) is 0 Å². The molecule has 0 unspecified atom stereocenters. The van der Waals surface area contributed by atoms with Crippen LogP contribution in [0.1, 0.15) is 20.7 Å². The molecule has 24 heavy (non-hydrogen) atoms. The van der Waals surface area contributed by atoms with Crippen molar-refractivity contribution in [1.29, 1.82) is 0 Å². The van der Waals surface area contributed by atoms with Gasteiger partial charge in [-0.3, -0.25) is 0 Å². The number of carboxylic acids is 2. The second-order valence-corrected chi connectivity index (χ2v) is 4.78. The van der Waals surface area contributed by atoms with Crippen molar-refractivity contribution in [3.05, 3.63) is 41.5 Å². The molecule has 126 valence electrons. The first kappa shape index (κ1) is 17.1. The molecule has 0 fully saturated rings. The van der Waals surface area contributed by atoms with Crippen molar-refractivity contribution < 1.29 is 34.0 Å². The highest BCUT2D eigenvalue weighted by Gasteiger charge is 2.20. The molecule has 0 amide bonds. The third-order valence-electron chi connectivity index (χ3n) is 3.46. The third kappa shape index (κ3) is 3.10. The van der Waals surface area contributed by atoms with Gasteiger partial charge in [-0.15, -0.1) is 0 Å². The number of benzene rings is 2. The summed E-state index contributed by atoms with van der Waals surface area (Å²) in [7, 11) is 4.23. The third-order valence-corrected chi connectivity index (χ3v) is 3.46. The van der Waals surface area contributed by atoms with Crippen molar-refractivity contribution in [3.63, 3.8) is 0 Å². The van der Waals surface area contributed by atoms with Crippen molar-refractivity contribution in [1.82, 2.24) is 0 Å². The first-order valence-corrected chi connectivity index (χ1v) is 6.84. The summed E-state index contributed by atoms with van der Waals surface area (Å²) in [5.74, 6) is -1.38. The Balaban J connectivity index is 2.83. The van der Waals surface area contributed by atoms with Gasteiger partial charge in [0.15, 0.2) is 11.5 Å². The lowest BCUT2D eigenvalue weighted by atomic mass is 9.98. The standard InChI is InChI=1S/C17H16O7/c1-22-13-5-4-9(16(18)19)6-11(13)12-7-10(17(20)21)8-14(23-2)15(12)24-3/h4-8H,1-3H3,(H,18,19)(H,20,21). The zero-order valence-electron chi connectivity index (χ0n) is 13.3. The maximum atomic E-state index is 11.4. The summed E-state index contributed by atoms with van der Waals surface area (Å²) < 4.78 is 15.8. The van der Waals surface area contributed by atoms with Gasteiger partial charge in [0.2, 0.25) is 0 Å². The van der Waals surface area contributed by atoms with Crippen LogP contribution in [-0.2, 0) is 0 Å². The fourth-order valence-electron chi connectivity index (χ4n) is 2.34. The average molecular weight is 332 g/mol. The number of hydrogen-bond acceptors (Lipinski definition) is 5. The number of methoxy groups -OCH3 is 3. The largest absolute Gasteiger partial charge is 0.496 e. The van der Waals surface area contributed by atoms with Gasteiger partial charge < -0.3 is 24.4 Å². The van der Waals surface area contributed by atoms with Crippen LogP contribution in [0.4, 0.5) is 0 Å². The summed E-state index contributed by atoms with van der Waals surface area (Å²) >= 11 is 0. The summed E-state index contributed by atoms with van der Waals surface area (Å²) in [6.07, 6.45) is 0. The molecular formula is C17H16O7. The summed E-state index contributed by atoms with van der Waals surface area (Å²) in [5, 5.41) is 18.5. The van der Waals surface area contributed by atoms with Gasteiger partial charge in [0.25, 0.3) is 0 Å². The average Bonchev–Trinajstić information content (AvgIpc) is 2.59. The van der Waals surface area contributed by atoms with E-state index in [1.165, 1.54) is 51.7 Å². The van der Waals surface area contributed by atoms with Crippen LogP contribution in [0.15, 0.2) is 30.3 Å². The molecule has 0 aliphatic heterocycles. The fraction of sp³-hybridized carbons (Fsp3) is 0.176. The van der Waals surface area contributed by atoms with Gasteiger partial charge in [-0.05, 0) is 30.3 Å². The number of carboxylic acid groups (broad SMARTS) is 2. The molecule has 2 aromatic carbocycles. The quantitative estimate of drug-likeness (QED) is 0.838. The summed E-state index contributed by atoms with van der Waals surface area (Å²) in [5.41, 5.74) is 0.753. The maximum Gasteiger partial charge on any atom is 0.335 e. The molecule has 0 aliphatic carbocycles. The van der Waals surface area contributed by atoms with E-state index in [1.54, 1.807) is 0 Å². The number of aromatic carboxylic acids is 2. The Bertz CT molecular complexity index is 796. The molecule has 0 bridgehead atoms. The Morgan fingerprint density at radius 3 is 1.83 bits per heavy atom. The number of carbonyl (C=O) groups is 2. The molecule has 0 radical (unpaired) electrons. The Morgan fingerprint density at radius 2 is 1.33 bits per heavy atom. The fourth-order valence-corrected chi connectivity index (χ4v) is 2.34. The molecule has 7 nitrogen and oxygen atoms in total. The van der Waals surface area contributed by atoms with Crippen molar-refractivity contribution >= 4 is 11.9 Å². The molecule has 0 atom stereocenters. The molecule has 0 aromatic heterocycles. The monoisotopic (exact) mass is 332 g/mol. The summed E-state index contributed by atoms with van der Waals surface area (Å²) in [6, 6.07) is 7.00. The Hall–Kier alpha value is -3.22. The molecule has 0 spiro atoms. The van der Waals surface area contributed by atoms with Crippen molar-refractivity contribution in [2.24, 2.45) is 0 Å². The zero-order valence-corrected chi connectivity index (χ0v) is 13.3. The van der Waals surface area contributed by atoms with Gasteiger partial charge in [0.05, 0.1) is 32.5 Å². The Kier molecular flexibility index (Phi) is 4.93. The van der Waals surface area contributed by atoms with Crippen molar-refractivity contribution in [2.75, 3.05) is 21.3 Å². The molecular weight excluding hydrogens is 316 g/mol. The van der Waals surface area contributed by atoms with Crippen molar-refractivity contribution in [2.45, 2.75) is 0 Å². The minimum atomic E-state index is -1.15. The van der Waals surface area contributed by atoms with E-state index in [-0.39, 0.29) is 22.6 Å². The van der Waals surface area contributed by atoms with Gasteiger partial charge in [-0.1, -0.05) is 0 Å². The highest BCUT2D eigenvalue weighted by atomic mass is 16.5. The lowest BCUT2D eigenvalue weighted by Crippen LogP contribution is -2.03. The number of ether oxygens (including phenoxy) is 3. The molecule has 2 aromatic rings. The minimum absolute atomic E-state index is 0.0227. The van der Waals surface area contributed by atoms with Crippen LogP contribution in [0.5, 0.6) is 17.2 Å². The summed E-state index contributed by atoms with van der Waals surface area (Å²) in [6.45, 7) is 0. The van der Waals surface area contributed by atoms with Gasteiger partial charge in [-0.25, -0.2) is 9.59 Å². The van der Waals surface area contributed by atoms with E-state index in [1.807, 2.05) is 0 Å². The van der Waals surface area contributed by atoms with Crippen LogP contribution in [0.2, 0.25) is 0 Å². The van der Waals surface area contributed by atoms with Gasteiger partial charge in [-0.2, -0.15) is 0 Å². The van der Waals surface area contributed by atoms with E-state index in [0.29, 0.717) is 16.9 Å². The van der Waals surface area contributed by atoms with E-state index >= 15 is 0 Å². The first-order chi connectivity index (χ1) is 11.4. The molecule has 7 heteroatoms. The molecule has 2 N–H and O–H groups in total. The lowest BCUT2D eigenvalue weighted by Gasteiger charge is -2.16. The normalized spacial score (nSPS) is 10.1. The second kappa shape index (κ2) is 6.91. The number of hydrogen-bond donors (Lipinski definition) is 2. The SMILES string of the molecule is COc1ccc(C(=O)O)cc1-c1cc(C(=O)O)cc(OC)c1OC. The smallest absolute Gasteiger partial charge is 0.335 e. The van der Waals surface area contributed by atoms with E-state index < -0.39 is 11.9 Å². The molecule has 2 rings (SSSR count).